The van der Waals surface area contributed by atoms with E-state index in [1.165, 1.54) is 5.56 Å². The van der Waals surface area contributed by atoms with Gasteiger partial charge in [-0.2, -0.15) is 15.4 Å². The van der Waals surface area contributed by atoms with E-state index in [9.17, 15) is 0 Å². The predicted molar refractivity (Wildman–Crippen MR) is 81.9 cm³/mol. The van der Waals surface area contributed by atoms with Crippen molar-refractivity contribution in [2.24, 2.45) is 0 Å². The average Bonchev–Trinajstić information content (AvgIpc) is 3.00. The summed E-state index contributed by atoms with van der Waals surface area (Å²) in [6, 6.07) is 6.04. The number of H-pyrrole nitrogens is 1. The summed E-state index contributed by atoms with van der Waals surface area (Å²) in [5.41, 5.74) is 2.14. The maximum absolute atomic E-state index is 5.77. The molecule has 1 N–H and O–H groups in total. The average molecular weight is 289 g/mol. The van der Waals surface area contributed by atoms with E-state index in [0.717, 1.165) is 30.0 Å². The monoisotopic (exact) mass is 289 g/mol. The molecule has 1 aromatic carbocycles. The molecule has 0 saturated heterocycles. The Morgan fingerprint density at radius 2 is 1.95 bits per heavy atom. The topological polar surface area (TPSA) is 60.0 Å². The van der Waals surface area contributed by atoms with Crippen LogP contribution in [0.25, 0.3) is 0 Å². The van der Waals surface area contributed by atoms with Crippen molar-refractivity contribution in [1.29, 1.82) is 0 Å². The number of hydrogen-bond donors (Lipinski definition) is 1. The van der Waals surface area contributed by atoms with Crippen LogP contribution in [0.5, 0.6) is 11.5 Å². The minimum Gasteiger partial charge on any atom is -0.494 e. The van der Waals surface area contributed by atoms with Gasteiger partial charge in [0.05, 0.1) is 25.1 Å². The van der Waals surface area contributed by atoms with Crippen LogP contribution in [0.15, 0.2) is 24.4 Å². The molecule has 5 heteroatoms. The summed E-state index contributed by atoms with van der Waals surface area (Å²) in [5.74, 6) is 2.14. The first-order valence-corrected chi connectivity index (χ1v) is 7.52. The normalized spacial score (nSPS) is 12.1. The smallest absolute Gasteiger partial charge is 0.123 e. The van der Waals surface area contributed by atoms with Gasteiger partial charge in [-0.25, -0.2) is 0 Å². The van der Waals surface area contributed by atoms with E-state index < -0.39 is 0 Å². The summed E-state index contributed by atoms with van der Waals surface area (Å²) in [6.07, 6.45) is 3.61. The second kappa shape index (κ2) is 7.67. The number of aromatic nitrogens is 3. The number of hydrogen-bond acceptors (Lipinski definition) is 4. The van der Waals surface area contributed by atoms with Crippen molar-refractivity contribution in [3.8, 4) is 11.5 Å². The highest BCUT2D eigenvalue weighted by atomic mass is 16.5. The van der Waals surface area contributed by atoms with Crippen molar-refractivity contribution >= 4 is 0 Å². The fourth-order valence-corrected chi connectivity index (χ4v) is 2.44. The zero-order valence-electron chi connectivity index (χ0n) is 12.9. The van der Waals surface area contributed by atoms with Gasteiger partial charge in [0.1, 0.15) is 11.5 Å². The van der Waals surface area contributed by atoms with Crippen molar-refractivity contribution in [2.45, 2.75) is 39.5 Å². The SMILES string of the molecule is CCOc1ccc(OCC)c(C(CC)Cc2cn[nH]n2)c1. The van der Waals surface area contributed by atoms with E-state index in [-0.39, 0.29) is 0 Å². The summed E-state index contributed by atoms with van der Waals surface area (Å²) in [6.45, 7) is 7.48. The molecule has 1 aromatic heterocycles. The number of ether oxygens (including phenoxy) is 2. The molecule has 1 heterocycles. The van der Waals surface area contributed by atoms with Gasteiger partial charge in [0, 0.05) is 12.0 Å². The van der Waals surface area contributed by atoms with Crippen LogP contribution in [-0.4, -0.2) is 28.6 Å². The van der Waals surface area contributed by atoms with Gasteiger partial charge >= 0.3 is 0 Å². The summed E-state index contributed by atoms with van der Waals surface area (Å²) in [5, 5.41) is 10.7. The van der Waals surface area contributed by atoms with Gasteiger partial charge in [0.25, 0.3) is 0 Å². The van der Waals surface area contributed by atoms with Crippen molar-refractivity contribution in [3.63, 3.8) is 0 Å². The molecule has 0 saturated carbocycles. The minimum absolute atomic E-state index is 0.331. The molecule has 2 aromatic rings. The molecule has 0 aliphatic heterocycles. The highest BCUT2D eigenvalue weighted by Gasteiger charge is 2.17. The quantitative estimate of drug-likeness (QED) is 0.809. The molecule has 0 fully saturated rings. The van der Waals surface area contributed by atoms with E-state index in [1.54, 1.807) is 6.20 Å². The van der Waals surface area contributed by atoms with Crippen LogP contribution in [-0.2, 0) is 6.42 Å². The van der Waals surface area contributed by atoms with Crippen LogP contribution in [0, 0.1) is 0 Å². The van der Waals surface area contributed by atoms with E-state index in [4.69, 9.17) is 9.47 Å². The van der Waals surface area contributed by atoms with Crippen LogP contribution >= 0.6 is 0 Å². The molecule has 1 unspecified atom stereocenters. The van der Waals surface area contributed by atoms with Crippen molar-refractivity contribution in [2.75, 3.05) is 13.2 Å². The highest BCUT2D eigenvalue weighted by Crippen LogP contribution is 2.34. The molecule has 0 radical (unpaired) electrons. The zero-order valence-corrected chi connectivity index (χ0v) is 12.9. The lowest BCUT2D eigenvalue weighted by Gasteiger charge is -2.19. The van der Waals surface area contributed by atoms with Gasteiger partial charge in [-0.15, -0.1) is 0 Å². The fourth-order valence-electron chi connectivity index (χ4n) is 2.44. The third-order valence-electron chi connectivity index (χ3n) is 3.45. The number of nitrogens with one attached hydrogen (secondary N) is 1. The first kappa shape index (κ1) is 15.4. The summed E-state index contributed by atoms with van der Waals surface area (Å²) in [7, 11) is 0. The Balaban J connectivity index is 2.29. The van der Waals surface area contributed by atoms with Gasteiger partial charge in [-0.1, -0.05) is 6.92 Å². The van der Waals surface area contributed by atoms with Crippen molar-refractivity contribution in [1.82, 2.24) is 15.4 Å². The lowest BCUT2D eigenvalue weighted by Crippen LogP contribution is -2.06. The van der Waals surface area contributed by atoms with E-state index in [0.29, 0.717) is 19.1 Å². The third kappa shape index (κ3) is 3.97. The number of aromatic amines is 1. The Kier molecular flexibility index (Phi) is 5.60. The van der Waals surface area contributed by atoms with Crippen molar-refractivity contribution < 1.29 is 9.47 Å². The number of nitrogens with zero attached hydrogens (tertiary/aromatic N) is 2. The largest absolute Gasteiger partial charge is 0.494 e. The molecule has 0 bridgehead atoms. The molecular formula is C16H23N3O2. The Morgan fingerprint density at radius 3 is 2.57 bits per heavy atom. The van der Waals surface area contributed by atoms with E-state index >= 15 is 0 Å². The van der Waals surface area contributed by atoms with Crippen LogP contribution < -0.4 is 9.47 Å². The van der Waals surface area contributed by atoms with Gasteiger partial charge in [-0.3, -0.25) is 0 Å². The first-order chi connectivity index (χ1) is 10.3. The summed E-state index contributed by atoms with van der Waals surface area (Å²) in [4.78, 5) is 0. The lowest BCUT2D eigenvalue weighted by atomic mass is 9.91. The number of benzene rings is 1. The van der Waals surface area contributed by atoms with E-state index in [2.05, 4.69) is 28.4 Å². The third-order valence-corrected chi connectivity index (χ3v) is 3.45. The Morgan fingerprint density at radius 1 is 1.14 bits per heavy atom. The number of rotatable bonds is 8. The first-order valence-electron chi connectivity index (χ1n) is 7.52. The van der Waals surface area contributed by atoms with Gasteiger partial charge in [0.2, 0.25) is 0 Å². The molecule has 2 rings (SSSR count). The van der Waals surface area contributed by atoms with E-state index in [1.807, 2.05) is 26.0 Å². The van der Waals surface area contributed by atoms with Gasteiger partial charge in [0.15, 0.2) is 0 Å². The standard InChI is InChI=1S/C16H23N3O2/c1-4-12(9-13-11-17-19-18-13)15-10-14(20-5-2)7-8-16(15)21-6-3/h7-8,10-12H,4-6,9H2,1-3H3,(H,17,18,19). The molecular weight excluding hydrogens is 266 g/mol. The van der Waals surface area contributed by atoms with Crippen molar-refractivity contribution in [3.05, 3.63) is 35.7 Å². The van der Waals surface area contributed by atoms with Gasteiger partial charge < -0.3 is 9.47 Å². The van der Waals surface area contributed by atoms with Crippen LogP contribution in [0.4, 0.5) is 0 Å². The fraction of sp³-hybridized carbons (Fsp3) is 0.500. The summed E-state index contributed by atoms with van der Waals surface area (Å²) >= 11 is 0. The second-order valence-electron chi connectivity index (χ2n) is 4.84. The Hall–Kier alpha value is -2.04. The maximum atomic E-state index is 5.77. The highest BCUT2D eigenvalue weighted by molar-refractivity contribution is 5.43. The van der Waals surface area contributed by atoms with Gasteiger partial charge in [-0.05, 0) is 44.4 Å². The molecule has 0 spiro atoms. The minimum atomic E-state index is 0.331. The molecule has 0 aliphatic rings. The maximum Gasteiger partial charge on any atom is 0.123 e. The predicted octanol–water partition coefficient (Wildman–Crippen LogP) is 3.34. The lowest BCUT2D eigenvalue weighted by molar-refractivity contribution is 0.324. The Bertz CT molecular complexity index is 540. The molecule has 114 valence electrons. The molecule has 21 heavy (non-hydrogen) atoms. The summed E-state index contributed by atoms with van der Waals surface area (Å²) < 4.78 is 11.4. The van der Waals surface area contributed by atoms with Crippen LogP contribution in [0.3, 0.4) is 0 Å². The molecule has 5 nitrogen and oxygen atoms in total. The molecule has 1 atom stereocenters. The van der Waals surface area contributed by atoms with Crippen LogP contribution in [0.1, 0.15) is 44.4 Å². The second-order valence-corrected chi connectivity index (χ2v) is 4.84. The Labute approximate surface area is 125 Å². The molecule has 0 amide bonds. The van der Waals surface area contributed by atoms with Crippen LogP contribution in [0.2, 0.25) is 0 Å². The molecule has 0 aliphatic carbocycles. The zero-order chi connectivity index (χ0) is 15.1.